The lowest BCUT2D eigenvalue weighted by atomic mass is 9.96. The molecule has 0 unspecified atom stereocenters. The molecule has 0 spiro atoms. The maximum absolute atomic E-state index is 11.9. The highest BCUT2D eigenvalue weighted by Gasteiger charge is 2.26. The van der Waals surface area contributed by atoms with E-state index in [0.29, 0.717) is 11.4 Å². The Morgan fingerprint density at radius 2 is 1.41 bits per heavy atom. The van der Waals surface area contributed by atoms with Gasteiger partial charge in [0.15, 0.2) is 0 Å². The van der Waals surface area contributed by atoms with Gasteiger partial charge in [0.1, 0.15) is 0 Å². The summed E-state index contributed by atoms with van der Waals surface area (Å²) in [4.78, 5) is 18.2. The highest BCUT2D eigenvalue weighted by molar-refractivity contribution is 7.99. The van der Waals surface area contributed by atoms with E-state index in [4.69, 9.17) is 0 Å². The molecule has 1 fully saturated rings. The zero-order chi connectivity index (χ0) is 25.6. The third kappa shape index (κ3) is 6.28. The second-order valence-electron chi connectivity index (χ2n) is 9.51. The molecule has 1 saturated heterocycles. The van der Waals surface area contributed by atoms with E-state index < -0.39 is 0 Å². The summed E-state index contributed by atoms with van der Waals surface area (Å²) in [5, 5.41) is 11.9. The molecule has 0 aliphatic carbocycles. The predicted octanol–water partition coefficient (Wildman–Crippen LogP) is 6.96. The molecular formula is C31H31N3O2S. The summed E-state index contributed by atoms with van der Waals surface area (Å²) in [6, 6.07) is 35.4. The molecule has 5 rings (SSSR count). The normalized spacial score (nSPS) is 14.6. The van der Waals surface area contributed by atoms with Crippen molar-refractivity contribution in [2.24, 2.45) is 0 Å². The van der Waals surface area contributed by atoms with Gasteiger partial charge in [0.25, 0.3) is 5.69 Å². The van der Waals surface area contributed by atoms with Crippen LogP contribution in [0, 0.1) is 17.0 Å². The number of nitrogens with zero attached hydrogens (tertiary/aromatic N) is 3. The molecule has 4 aromatic rings. The number of piperazine rings is 1. The first kappa shape index (κ1) is 25.2. The van der Waals surface area contributed by atoms with E-state index in [1.165, 1.54) is 28.5 Å². The van der Waals surface area contributed by atoms with Crippen LogP contribution in [0.25, 0.3) is 0 Å². The van der Waals surface area contributed by atoms with E-state index in [0.717, 1.165) is 36.6 Å². The largest absolute Gasteiger partial charge is 0.297 e. The molecule has 6 heteroatoms. The van der Waals surface area contributed by atoms with Crippen LogP contribution in [-0.4, -0.2) is 40.9 Å². The Kier molecular flexibility index (Phi) is 7.99. The van der Waals surface area contributed by atoms with E-state index in [9.17, 15) is 10.1 Å². The van der Waals surface area contributed by atoms with Gasteiger partial charge in [-0.3, -0.25) is 19.9 Å². The minimum Gasteiger partial charge on any atom is -0.297 e. The van der Waals surface area contributed by atoms with Gasteiger partial charge in [0, 0.05) is 43.7 Å². The summed E-state index contributed by atoms with van der Waals surface area (Å²) in [6.45, 7) is 6.48. The first-order valence-electron chi connectivity index (χ1n) is 12.6. The standard InChI is InChI=1S/C31H31N3O2S/c1-24-12-15-28(16-13-24)37-30-17-14-25(22-29(30)34(35)36)23-32-18-20-33(21-19-32)31(26-8-4-2-5-9-26)27-10-6-3-7-11-27/h2-17,22,31H,18-21,23H2,1H3. The molecule has 188 valence electrons. The van der Waals surface area contributed by atoms with Crippen molar-refractivity contribution in [1.29, 1.82) is 0 Å². The van der Waals surface area contributed by atoms with Crippen molar-refractivity contribution in [2.45, 2.75) is 29.3 Å². The number of hydrogen-bond donors (Lipinski definition) is 0. The van der Waals surface area contributed by atoms with Crippen LogP contribution in [0.2, 0.25) is 0 Å². The SMILES string of the molecule is Cc1ccc(Sc2ccc(CN3CCN(C(c4ccccc4)c4ccccc4)CC3)cc2[N+](=O)[O-])cc1. The molecule has 1 heterocycles. The van der Waals surface area contributed by atoms with Gasteiger partial charge in [-0.25, -0.2) is 0 Å². The fraction of sp³-hybridized carbons (Fsp3) is 0.226. The van der Waals surface area contributed by atoms with Crippen molar-refractivity contribution < 1.29 is 4.92 Å². The number of nitro groups is 1. The van der Waals surface area contributed by atoms with Crippen LogP contribution < -0.4 is 0 Å². The zero-order valence-corrected chi connectivity index (χ0v) is 21.8. The molecule has 5 nitrogen and oxygen atoms in total. The maximum atomic E-state index is 11.9. The molecule has 1 aliphatic rings. The fourth-order valence-corrected chi connectivity index (χ4v) is 5.85. The quantitative estimate of drug-likeness (QED) is 0.190. The molecule has 0 aromatic heterocycles. The Morgan fingerprint density at radius 1 is 0.811 bits per heavy atom. The zero-order valence-electron chi connectivity index (χ0n) is 21.0. The third-order valence-electron chi connectivity index (χ3n) is 6.88. The molecule has 0 saturated carbocycles. The fourth-order valence-electron chi connectivity index (χ4n) is 4.95. The van der Waals surface area contributed by atoms with Gasteiger partial charge < -0.3 is 0 Å². The lowest BCUT2D eigenvalue weighted by molar-refractivity contribution is -0.387. The summed E-state index contributed by atoms with van der Waals surface area (Å²) in [6.07, 6.45) is 0. The van der Waals surface area contributed by atoms with Gasteiger partial charge in [-0.1, -0.05) is 96.2 Å². The lowest BCUT2D eigenvalue weighted by Crippen LogP contribution is -2.47. The molecule has 0 amide bonds. The first-order valence-corrected chi connectivity index (χ1v) is 13.5. The second-order valence-corrected chi connectivity index (χ2v) is 10.6. The average molecular weight is 510 g/mol. The highest BCUT2D eigenvalue weighted by atomic mass is 32.2. The third-order valence-corrected chi connectivity index (χ3v) is 7.95. The lowest BCUT2D eigenvalue weighted by Gasteiger charge is -2.39. The average Bonchev–Trinajstić information content (AvgIpc) is 2.93. The number of benzene rings is 4. The molecule has 0 bridgehead atoms. The summed E-state index contributed by atoms with van der Waals surface area (Å²) in [5.41, 5.74) is 4.94. The van der Waals surface area contributed by atoms with Crippen molar-refractivity contribution in [3.63, 3.8) is 0 Å². The Morgan fingerprint density at radius 3 is 1.97 bits per heavy atom. The summed E-state index contributed by atoms with van der Waals surface area (Å²) in [7, 11) is 0. The van der Waals surface area contributed by atoms with Gasteiger partial charge >= 0.3 is 0 Å². The van der Waals surface area contributed by atoms with Crippen LogP contribution in [0.15, 0.2) is 113 Å². The van der Waals surface area contributed by atoms with E-state index in [2.05, 4.69) is 70.5 Å². The molecule has 4 aromatic carbocycles. The Hall–Kier alpha value is -3.45. The topological polar surface area (TPSA) is 49.6 Å². The van der Waals surface area contributed by atoms with Crippen molar-refractivity contribution in [3.8, 4) is 0 Å². The minimum absolute atomic E-state index is 0.176. The molecule has 1 aliphatic heterocycles. The van der Waals surface area contributed by atoms with Gasteiger partial charge in [0.05, 0.1) is 15.9 Å². The summed E-state index contributed by atoms with van der Waals surface area (Å²) >= 11 is 1.44. The van der Waals surface area contributed by atoms with Gasteiger partial charge in [0.2, 0.25) is 0 Å². The smallest absolute Gasteiger partial charge is 0.283 e. The van der Waals surface area contributed by atoms with Crippen molar-refractivity contribution in [2.75, 3.05) is 26.2 Å². The van der Waals surface area contributed by atoms with Crippen LogP contribution >= 0.6 is 11.8 Å². The Balaban J connectivity index is 1.27. The molecule has 0 radical (unpaired) electrons. The summed E-state index contributed by atoms with van der Waals surface area (Å²) < 4.78 is 0. The van der Waals surface area contributed by atoms with Crippen molar-refractivity contribution >= 4 is 17.4 Å². The van der Waals surface area contributed by atoms with Crippen LogP contribution in [-0.2, 0) is 6.54 Å². The van der Waals surface area contributed by atoms with Gasteiger partial charge in [-0.15, -0.1) is 0 Å². The van der Waals surface area contributed by atoms with Gasteiger partial charge in [-0.2, -0.15) is 0 Å². The molecule has 0 atom stereocenters. The van der Waals surface area contributed by atoms with E-state index in [1.54, 1.807) is 6.07 Å². The molecule has 0 N–H and O–H groups in total. The highest BCUT2D eigenvalue weighted by Crippen LogP contribution is 2.36. The van der Waals surface area contributed by atoms with Crippen molar-refractivity contribution in [3.05, 3.63) is 135 Å². The number of hydrogen-bond acceptors (Lipinski definition) is 5. The van der Waals surface area contributed by atoms with Crippen LogP contribution in [0.4, 0.5) is 5.69 Å². The maximum Gasteiger partial charge on any atom is 0.283 e. The Bertz CT molecular complexity index is 1280. The number of aryl methyl sites for hydroxylation is 1. The van der Waals surface area contributed by atoms with E-state index in [1.807, 2.05) is 43.3 Å². The van der Waals surface area contributed by atoms with Crippen molar-refractivity contribution in [1.82, 2.24) is 9.80 Å². The second kappa shape index (κ2) is 11.7. The van der Waals surface area contributed by atoms with Crippen LogP contribution in [0.3, 0.4) is 0 Å². The van der Waals surface area contributed by atoms with Gasteiger partial charge in [-0.05, 0) is 41.8 Å². The molecular weight excluding hydrogens is 478 g/mol. The van der Waals surface area contributed by atoms with Crippen LogP contribution in [0.1, 0.15) is 28.3 Å². The van der Waals surface area contributed by atoms with E-state index in [-0.39, 0.29) is 16.7 Å². The minimum atomic E-state index is -0.262. The molecule has 37 heavy (non-hydrogen) atoms. The Labute approximate surface area is 222 Å². The van der Waals surface area contributed by atoms with Crippen LogP contribution in [0.5, 0.6) is 0 Å². The first-order chi connectivity index (χ1) is 18.1. The number of nitro benzene ring substituents is 1. The summed E-state index contributed by atoms with van der Waals surface area (Å²) in [5.74, 6) is 0. The van der Waals surface area contributed by atoms with E-state index >= 15 is 0 Å². The monoisotopic (exact) mass is 509 g/mol. The number of rotatable bonds is 8. The predicted molar refractivity (Wildman–Crippen MR) is 150 cm³/mol.